The minimum atomic E-state index is -0.561. The van der Waals surface area contributed by atoms with Crippen molar-refractivity contribution in [1.29, 1.82) is 0 Å². The lowest BCUT2D eigenvalue weighted by Gasteiger charge is -2.36. The van der Waals surface area contributed by atoms with Gasteiger partial charge in [0.25, 0.3) is 0 Å². The number of likely N-dealkylation sites (tertiary alicyclic amines) is 1. The Balaban J connectivity index is 1.63. The number of aliphatic hydroxyl groups excluding tert-OH is 1. The molecular weight excluding hydrogens is 442 g/mol. The fourth-order valence-corrected chi connectivity index (χ4v) is 5.01. The van der Waals surface area contributed by atoms with Gasteiger partial charge in [-0.05, 0) is 77.8 Å². The van der Waals surface area contributed by atoms with E-state index in [0.717, 1.165) is 74.9 Å². The van der Waals surface area contributed by atoms with Crippen molar-refractivity contribution in [2.45, 2.75) is 44.8 Å². The molecule has 0 aliphatic carbocycles. The molecule has 1 aromatic carbocycles. The molecule has 0 spiro atoms. The van der Waals surface area contributed by atoms with Crippen LogP contribution in [-0.4, -0.2) is 92.7 Å². The topological polar surface area (TPSA) is 83.0 Å². The number of anilines is 1. The average molecular weight is 484 g/mol. The quantitative estimate of drug-likeness (QED) is 0.534. The zero-order valence-electron chi connectivity index (χ0n) is 21.7. The van der Waals surface area contributed by atoms with Crippen LogP contribution >= 0.6 is 0 Å². The van der Waals surface area contributed by atoms with Crippen LogP contribution in [0.1, 0.15) is 30.5 Å². The Kier molecular flexibility index (Phi) is 8.94. The summed E-state index contributed by atoms with van der Waals surface area (Å²) in [6, 6.07) is 8.34. The first-order valence-corrected chi connectivity index (χ1v) is 12.9. The molecular formula is C27H41N5O3. The molecule has 2 aliphatic heterocycles. The maximum absolute atomic E-state index is 10.0. The van der Waals surface area contributed by atoms with E-state index < -0.39 is 6.10 Å². The molecule has 2 aromatic rings. The van der Waals surface area contributed by atoms with E-state index in [9.17, 15) is 5.11 Å². The summed E-state index contributed by atoms with van der Waals surface area (Å²) in [6.45, 7) is 6.74. The normalized spacial score (nSPS) is 20.2. The third kappa shape index (κ3) is 6.70. The molecule has 3 heterocycles. The summed E-state index contributed by atoms with van der Waals surface area (Å²) in [5.74, 6) is 2.95. The van der Waals surface area contributed by atoms with Crippen LogP contribution < -0.4 is 15.0 Å². The summed E-state index contributed by atoms with van der Waals surface area (Å²) < 4.78 is 11.5. The number of nitrogens with zero attached hydrogens (tertiary/aromatic N) is 4. The first-order valence-electron chi connectivity index (χ1n) is 12.9. The summed E-state index contributed by atoms with van der Waals surface area (Å²) in [4.78, 5) is 14.9. The van der Waals surface area contributed by atoms with E-state index in [2.05, 4.69) is 36.1 Å². The summed E-state index contributed by atoms with van der Waals surface area (Å²) in [5.41, 5.74) is 3.20. The number of aromatic nitrogens is 2. The molecule has 0 amide bonds. The zero-order valence-corrected chi connectivity index (χ0v) is 21.7. The average Bonchev–Trinajstić information content (AvgIpc) is 3.38. The molecule has 2 saturated heterocycles. The number of piperidine rings is 1. The largest absolute Gasteiger partial charge is 0.491 e. The molecule has 192 valence electrons. The van der Waals surface area contributed by atoms with Gasteiger partial charge in [-0.1, -0.05) is 12.1 Å². The minimum Gasteiger partial charge on any atom is -0.491 e. The Labute approximate surface area is 209 Å². The molecule has 4 rings (SSSR count). The highest BCUT2D eigenvalue weighted by molar-refractivity contribution is 5.62. The highest BCUT2D eigenvalue weighted by atomic mass is 16.5. The third-order valence-electron chi connectivity index (χ3n) is 7.27. The van der Waals surface area contributed by atoms with Gasteiger partial charge < -0.3 is 29.7 Å². The van der Waals surface area contributed by atoms with Crippen molar-refractivity contribution in [2.24, 2.45) is 5.92 Å². The molecule has 1 aromatic heterocycles. The van der Waals surface area contributed by atoms with E-state index in [1.165, 1.54) is 5.56 Å². The smallest absolute Gasteiger partial charge is 0.161 e. The van der Waals surface area contributed by atoms with Crippen molar-refractivity contribution in [3.8, 4) is 17.1 Å². The lowest BCUT2D eigenvalue weighted by atomic mass is 9.98. The number of benzene rings is 1. The van der Waals surface area contributed by atoms with Gasteiger partial charge in [0.05, 0.1) is 0 Å². The van der Waals surface area contributed by atoms with Crippen molar-refractivity contribution in [3.05, 3.63) is 35.5 Å². The van der Waals surface area contributed by atoms with E-state index >= 15 is 0 Å². The van der Waals surface area contributed by atoms with Gasteiger partial charge >= 0.3 is 0 Å². The number of hydrogen-bond acceptors (Lipinski definition) is 8. The number of aliphatic hydroxyl groups is 1. The van der Waals surface area contributed by atoms with Crippen LogP contribution in [-0.2, 0) is 11.2 Å². The molecule has 8 heteroatoms. The first-order chi connectivity index (χ1) is 16.9. The minimum absolute atomic E-state index is 0.232. The van der Waals surface area contributed by atoms with Crippen LogP contribution in [0.15, 0.2) is 24.3 Å². The summed E-state index contributed by atoms with van der Waals surface area (Å²) in [7, 11) is 6.19. The van der Waals surface area contributed by atoms with Crippen molar-refractivity contribution in [3.63, 3.8) is 0 Å². The predicted molar refractivity (Wildman–Crippen MR) is 139 cm³/mol. The van der Waals surface area contributed by atoms with Crippen LogP contribution in [0.4, 0.5) is 5.82 Å². The van der Waals surface area contributed by atoms with Gasteiger partial charge in [0, 0.05) is 49.7 Å². The molecule has 2 N–H and O–H groups in total. The van der Waals surface area contributed by atoms with Gasteiger partial charge in [-0.15, -0.1) is 0 Å². The van der Waals surface area contributed by atoms with Gasteiger partial charge in [-0.3, -0.25) is 0 Å². The zero-order chi connectivity index (χ0) is 24.8. The van der Waals surface area contributed by atoms with Crippen LogP contribution in [0, 0.1) is 12.8 Å². The third-order valence-corrected chi connectivity index (χ3v) is 7.27. The highest BCUT2D eigenvalue weighted by Crippen LogP contribution is 2.31. The molecule has 8 nitrogen and oxygen atoms in total. The van der Waals surface area contributed by atoms with E-state index in [4.69, 9.17) is 19.4 Å². The lowest BCUT2D eigenvalue weighted by Crippen LogP contribution is -2.42. The molecule has 2 fully saturated rings. The van der Waals surface area contributed by atoms with E-state index in [1.54, 1.807) is 0 Å². The summed E-state index contributed by atoms with van der Waals surface area (Å²) >= 11 is 0. The number of nitrogens with one attached hydrogen (secondary N) is 1. The van der Waals surface area contributed by atoms with Gasteiger partial charge in [0.15, 0.2) is 5.82 Å². The van der Waals surface area contributed by atoms with Crippen LogP contribution in [0.25, 0.3) is 11.4 Å². The Bertz CT molecular complexity index is 958. The van der Waals surface area contributed by atoms with E-state index in [0.29, 0.717) is 24.3 Å². The molecule has 0 saturated carbocycles. The Morgan fingerprint density at radius 3 is 2.77 bits per heavy atom. The van der Waals surface area contributed by atoms with E-state index in [1.807, 2.05) is 31.3 Å². The maximum Gasteiger partial charge on any atom is 0.161 e. The lowest BCUT2D eigenvalue weighted by molar-refractivity contribution is 0.108. The number of ether oxygens (including phenoxy) is 2. The fraction of sp³-hybridized carbons (Fsp3) is 0.630. The molecule has 2 aliphatic rings. The fourth-order valence-electron chi connectivity index (χ4n) is 5.01. The Hall–Kier alpha value is -2.26. The second kappa shape index (κ2) is 12.1. The molecule has 1 unspecified atom stereocenters. The molecule has 2 atom stereocenters. The van der Waals surface area contributed by atoms with Crippen molar-refractivity contribution >= 4 is 5.82 Å². The molecule has 0 bridgehead atoms. The van der Waals surface area contributed by atoms with Gasteiger partial charge in [-0.2, -0.15) is 0 Å². The number of rotatable bonds is 10. The monoisotopic (exact) mass is 483 g/mol. The summed E-state index contributed by atoms with van der Waals surface area (Å²) in [6.07, 6.45) is 3.69. The maximum atomic E-state index is 10.0. The highest BCUT2D eigenvalue weighted by Gasteiger charge is 2.26. The van der Waals surface area contributed by atoms with Crippen molar-refractivity contribution in [1.82, 2.24) is 20.2 Å². The van der Waals surface area contributed by atoms with Gasteiger partial charge in [0.1, 0.15) is 24.3 Å². The first kappa shape index (κ1) is 25.8. The number of likely N-dealkylation sites (N-methyl/N-ethyl adjacent to an activating group) is 1. The second-order valence-corrected chi connectivity index (χ2v) is 10.1. The van der Waals surface area contributed by atoms with Crippen LogP contribution in [0.3, 0.4) is 0 Å². The van der Waals surface area contributed by atoms with Crippen molar-refractivity contribution in [2.75, 3.05) is 65.5 Å². The predicted octanol–water partition coefficient (Wildman–Crippen LogP) is 2.52. The van der Waals surface area contributed by atoms with Gasteiger partial charge in [0.2, 0.25) is 0 Å². The summed E-state index contributed by atoms with van der Waals surface area (Å²) in [5, 5.41) is 13.0. The SMILES string of the molecule is CNCC(O)COc1cccc(-c2nc(C[C@@H]3CCOC3)c(C)c(N(C)C3CCN(C)CC3)n2)c1. The molecule has 35 heavy (non-hydrogen) atoms. The Morgan fingerprint density at radius 2 is 2.06 bits per heavy atom. The van der Waals surface area contributed by atoms with Crippen molar-refractivity contribution < 1.29 is 14.6 Å². The van der Waals surface area contributed by atoms with Gasteiger partial charge in [-0.25, -0.2) is 9.97 Å². The van der Waals surface area contributed by atoms with Crippen LogP contribution in [0.5, 0.6) is 5.75 Å². The standard InChI is InChI=1S/C27H41N5O3/c1-19-25(14-20-10-13-34-17-20)29-26(30-27(19)32(4)22-8-11-31(3)12-9-22)21-6-5-7-24(15-21)35-18-23(33)16-28-2/h5-7,15,20,22-23,28,33H,8-14,16-18H2,1-4H3/t20-,23?/m0/s1. The van der Waals surface area contributed by atoms with E-state index in [-0.39, 0.29) is 6.61 Å². The number of hydrogen-bond donors (Lipinski definition) is 2. The second-order valence-electron chi connectivity index (χ2n) is 10.1. The Morgan fingerprint density at radius 1 is 1.26 bits per heavy atom. The van der Waals surface area contributed by atoms with Crippen LogP contribution in [0.2, 0.25) is 0 Å². The molecule has 0 radical (unpaired) electrons.